The molecule has 25 heavy (non-hydrogen) atoms. The van der Waals surface area contributed by atoms with E-state index in [1.54, 1.807) is 6.20 Å². The van der Waals surface area contributed by atoms with E-state index in [1.165, 1.54) is 6.42 Å². The molecule has 140 valence electrons. The maximum Gasteiger partial charge on any atom is 0.410 e. The van der Waals surface area contributed by atoms with Crippen molar-refractivity contribution in [1.29, 1.82) is 0 Å². The first kappa shape index (κ1) is 20.2. The van der Waals surface area contributed by atoms with Crippen molar-refractivity contribution in [3.63, 3.8) is 0 Å². The molecule has 6 heteroatoms. The molecule has 0 unspecified atom stereocenters. The van der Waals surface area contributed by atoms with Crippen LogP contribution in [-0.2, 0) is 16.1 Å². The van der Waals surface area contributed by atoms with Crippen LogP contribution in [0, 0.1) is 5.92 Å². The Morgan fingerprint density at radius 3 is 2.96 bits per heavy atom. The molecule has 2 rings (SSSR count). The zero-order valence-corrected chi connectivity index (χ0v) is 17.0. The van der Waals surface area contributed by atoms with Gasteiger partial charge in [-0.25, -0.2) is 9.78 Å². The summed E-state index contributed by atoms with van der Waals surface area (Å²) in [5.41, 5.74) is 0.690. The average Bonchev–Trinajstić information content (AvgIpc) is 2.53. The van der Waals surface area contributed by atoms with Crippen molar-refractivity contribution in [3.05, 3.63) is 28.5 Å². The number of aromatic nitrogens is 1. The third kappa shape index (κ3) is 7.74. The van der Waals surface area contributed by atoms with Crippen LogP contribution in [0.15, 0.2) is 22.9 Å². The lowest BCUT2D eigenvalue weighted by Crippen LogP contribution is -2.42. The number of likely N-dealkylation sites (tertiary alicyclic amines) is 1. The SMILES string of the molecule is CC(C)(C)OC(=O)N1CCC[C@@H](CCCOCc2ccnc(Br)c2)C1. The Morgan fingerprint density at radius 1 is 1.44 bits per heavy atom. The predicted octanol–water partition coefficient (Wildman–Crippen LogP) is 4.79. The molecule has 5 nitrogen and oxygen atoms in total. The van der Waals surface area contributed by atoms with E-state index < -0.39 is 5.60 Å². The first-order valence-electron chi connectivity index (χ1n) is 8.99. The summed E-state index contributed by atoms with van der Waals surface area (Å²) in [6.07, 6.45) is 5.91. The van der Waals surface area contributed by atoms with Crippen molar-refractivity contribution in [3.8, 4) is 0 Å². The summed E-state index contributed by atoms with van der Waals surface area (Å²) in [6.45, 7) is 8.67. The van der Waals surface area contributed by atoms with Crippen molar-refractivity contribution >= 4 is 22.0 Å². The first-order valence-corrected chi connectivity index (χ1v) is 9.79. The summed E-state index contributed by atoms with van der Waals surface area (Å²) in [5.74, 6) is 0.542. The molecule has 0 aromatic carbocycles. The Bertz CT molecular complexity index is 560. The lowest BCUT2D eigenvalue weighted by molar-refractivity contribution is 0.0155. The predicted molar refractivity (Wildman–Crippen MR) is 101 cm³/mol. The highest BCUT2D eigenvalue weighted by atomic mass is 79.9. The summed E-state index contributed by atoms with van der Waals surface area (Å²) < 4.78 is 12.1. The molecule has 0 spiro atoms. The zero-order valence-electron chi connectivity index (χ0n) is 15.5. The summed E-state index contributed by atoms with van der Waals surface area (Å²) in [7, 11) is 0. The number of rotatable bonds is 6. The number of carbonyl (C=O) groups excluding carboxylic acids is 1. The summed E-state index contributed by atoms with van der Waals surface area (Å²) in [4.78, 5) is 18.2. The molecule has 0 saturated carbocycles. The summed E-state index contributed by atoms with van der Waals surface area (Å²) in [6, 6.07) is 3.93. The highest BCUT2D eigenvalue weighted by Crippen LogP contribution is 2.23. The first-order chi connectivity index (χ1) is 11.8. The van der Waals surface area contributed by atoms with Gasteiger partial charge in [0.25, 0.3) is 0 Å². The molecule has 1 aromatic rings. The minimum atomic E-state index is -0.431. The van der Waals surface area contributed by atoms with E-state index in [9.17, 15) is 4.79 Å². The van der Waals surface area contributed by atoms with Crippen LogP contribution >= 0.6 is 15.9 Å². The minimum Gasteiger partial charge on any atom is -0.444 e. The van der Waals surface area contributed by atoms with E-state index >= 15 is 0 Å². The number of piperidine rings is 1. The number of hydrogen-bond donors (Lipinski definition) is 0. The minimum absolute atomic E-state index is 0.184. The van der Waals surface area contributed by atoms with Crippen LogP contribution in [0.5, 0.6) is 0 Å². The van der Waals surface area contributed by atoms with Crippen LogP contribution in [-0.4, -0.2) is 41.3 Å². The van der Waals surface area contributed by atoms with Gasteiger partial charge in [0.05, 0.1) is 6.61 Å². The number of amides is 1. The number of nitrogens with zero attached hydrogens (tertiary/aromatic N) is 2. The highest BCUT2D eigenvalue weighted by Gasteiger charge is 2.27. The van der Waals surface area contributed by atoms with E-state index in [4.69, 9.17) is 9.47 Å². The van der Waals surface area contributed by atoms with Gasteiger partial charge in [0, 0.05) is 25.9 Å². The van der Waals surface area contributed by atoms with Gasteiger partial charge >= 0.3 is 6.09 Å². The third-order valence-electron chi connectivity index (χ3n) is 4.13. The molecule has 0 aliphatic carbocycles. The largest absolute Gasteiger partial charge is 0.444 e. The maximum atomic E-state index is 12.2. The fourth-order valence-electron chi connectivity index (χ4n) is 2.99. The van der Waals surface area contributed by atoms with Crippen molar-refractivity contribution in [2.24, 2.45) is 5.92 Å². The lowest BCUT2D eigenvalue weighted by Gasteiger charge is -2.34. The Kier molecular flexibility index (Phi) is 7.69. The highest BCUT2D eigenvalue weighted by molar-refractivity contribution is 9.10. The van der Waals surface area contributed by atoms with Gasteiger partial charge < -0.3 is 14.4 Å². The second kappa shape index (κ2) is 9.53. The number of pyridine rings is 1. The summed E-state index contributed by atoms with van der Waals surface area (Å²) in [5, 5.41) is 0. The molecule has 1 aliphatic rings. The number of carbonyl (C=O) groups is 1. The molecule has 2 heterocycles. The average molecular weight is 413 g/mol. The molecule has 1 amide bonds. The quantitative estimate of drug-likeness (QED) is 0.497. The second-order valence-electron chi connectivity index (χ2n) is 7.62. The normalized spacial score (nSPS) is 18.2. The van der Waals surface area contributed by atoms with Gasteiger partial charge in [0.2, 0.25) is 0 Å². The van der Waals surface area contributed by atoms with Gasteiger partial charge in [-0.1, -0.05) is 0 Å². The topological polar surface area (TPSA) is 51.7 Å². The van der Waals surface area contributed by atoms with Crippen LogP contribution in [0.3, 0.4) is 0 Å². The number of halogens is 1. The molecule has 0 bridgehead atoms. The number of ether oxygens (including phenoxy) is 2. The van der Waals surface area contributed by atoms with Crippen LogP contribution in [0.4, 0.5) is 4.79 Å². The molecular formula is C19H29BrN2O3. The van der Waals surface area contributed by atoms with Crippen LogP contribution < -0.4 is 0 Å². The molecular weight excluding hydrogens is 384 g/mol. The van der Waals surface area contributed by atoms with Gasteiger partial charge in [-0.2, -0.15) is 0 Å². The Balaban J connectivity index is 1.64. The van der Waals surface area contributed by atoms with Gasteiger partial charge in [0.15, 0.2) is 0 Å². The Labute approximate surface area is 159 Å². The fraction of sp³-hybridized carbons (Fsp3) is 0.684. The lowest BCUT2D eigenvalue weighted by atomic mass is 9.94. The molecule has 0 radical (unpaired) electrons. The van der Waals surface area contributed by atoms with E-state index in [-0.39, 0.29) is 6.09 Å². The molecule has 1 saturated heterocycles. The molecule has 1 aliphatic heterocycles. The van der Waals surface area contributed by atoms with Crippen molar-refractivity contribution < 1.29 is 14.3 Å². The second-order valence-corrected chi connectivity index (χ2v) is 8.43. The third-order valence-corrected chi connectivity index (χ3v) is 4.57. The van der Waals surface area contributed by atoms with Gasteiger partial charge in [0.1, 0.15) is 10.2 Å². The maximum absolute atomic E-state index is 12.2. The van der Waals surface area contributed by atoms with Crippen LogP contribution in [0.25, 0.3) is 0 Å². The molecule has 1 atom stereocenters. The summed E-state index contributed by atoms with van der Waals surface area (Å²) >= 11 is 3.36. The van der Waals surface area contributed by atoms with E-state index in [0.717, 1.165) is 49.1 Å². The number of hydrogen-bond acceptors (Lipinski definition) is 4. The van der Waals surface area contributed by atoms with E-state index in [0.29, 0.717) is 12.5 Å². The van der Waals surface area contributed by atoms with Crippen LogP contribution in [0.1, 0.15) is 52.0 Å². The standard InChI is InChI=1S/C19H29BrN2O3/c1-19(2,3)25-18(23)22-10-4-6-15(13-22)7-5-11-24-14-16-8-9-21-17(20)12-16/h8-9,12,15H,4-7,10-11,13-14H2,1-3H3/t15-/m0/s1. The molecule has 1 fully saturated rings. The van der Waals surface area contributed by atoms with Crippen molar-refractivity contribution in [2.75, 3.05) is 19.7 Å². The van der Waals surface area contributed by atoms with Crippen LogP contribution in [0.2, 0.25) is 0 Å². The van der Waals surface area contributed by atoms with E-state index in [1.807, 2.05) is 37.8 Å². The smallest absolute Gasteiger partial charge is 0.410 e. The van der Waals surface area contributed by atoms with E-state index in [2.05, 4.69) is 20.9 Å². The monoisotopic (exact) mass is 412 g/mol. The fourth-order valence-corrected chi connectivity index (χ4v) is 3.40. The van der Waals surface area contributed by atoms with Gasteiger partial charge in [-0.05, 0) is 86.0 Å². The molecule has 0 N–H and O–H groups in total. The Morgan fingerprint density at radius 2 is 2.24 bits per heavy atom. The van der Waals surface area contributed by atoms with Crippen molar-refractivity contribution in [2.45, 2.75) is 58.7 Å². The Hall–Kier alpha value is -1.14. The zero-order chi connectivity index (χ0) is 18.3. The molecule has 1 aromatic heterocycles. The van der Waals surface area contributed by atoms with Gasteiger partial charge in [-0.15, -0.1) is 0 Å². The van der Waals surface area contributed by atoms with Crippen molar-refractivity contribution in [1.82, 2.24) is 9.88 Å². The van der Waals surface area contributed by atoms with Gasteiger partial charge in [-0.3, -0.25) is 0 Å².